The molecule has 2 aromatic carbocycles. The molecule has 0 aliphatic rings. The smallest absolute Gasteiger partial charge is 0.744 e. The zero-order valence-electron chi connectivity index (χ0n) is 19.8. The van der Waals surface area contributed by atoms with E-state index in [-0.39, 0.29) is 48.9 Å². The van der Waals surface area contributed by atoms with E-state index in [1.165, 1.54) is 48.8 Å². The third kappa shape index (κ3) is 11.3. The molecular weight excluding hydrogens is 595 g/mol. The second-order valence-corrected chi connectivity index (χ2v) is 9.57. The molecule has 0 fully saturated rings. The van der Waals surface area contributed by atoms with Crippen LogP contribution in [-0.2, 0) is 37.0 Å². The Kier molecular flexibility index (Phi) is 14.8. The van der Waals surface area contributed by atoms with E-state index in [4.69, 9.17) is 0 Å². The number of pyridine rings is 2. The van der Waals surface area contributed by atoms with Gasteiger partial charge in [0, 0.05) is 12.4 Å². The van der Waals surface area contributed by atoms with Crippen molar-refractivity contribution >= 4 is 44.0 Å². The van der Waals surface area contributed by atoms with Crippen LogP contribution in [0, 0.1) is 0 Å². The molecule has 0 saturated carbocycles. The third-order valence-electron chi connectivity index (χ3n) is 4.32. The summed E-state index contributed by atoms with van der Waals surface area (Å²) >= 11 is 0. The summed E-state index contributed by atoms with van der Waals surface area (Å²) in [6.45, 7) is 0. The Balaban J connectivity index is 0.000000688. The summed E-state index contributed by atoms with van der Waals surface area (Å²) in [6, 6.07) is 22.1. The Morgan fingerprint density at radius 1 is 0.564 bits per heavy atom. The van der Waals surface area contributed by atoms with E-state index in [2.05, 4.69) is 20.0 Å². The Morgan fingerprint density at radius 3 is 1.21 bits per heavy atom. The number of nitrogens with zero attached hydrogens (tertiary/aromatic N) is 4. The van der Waals surface area contributed by atoms with Crippen molar-refractivity contribution in [1.29, 1.82) is 0 Å². The minimum atomic E-state index is -4.52. The Morgan fingerprint density at radius 2 is 0.897 bits per heavy atom. The summed E-state index contributed by atoms with van der Waals surface area (Å²) in [5.74, 6) is 0. The fraction of sp³-hybridized carbons (Fsp3) is 0. The Bertz CT molecular complexity index is 1470. The Labute approximate surface area is 235 Å². The zero-order valence-corrected chi connectivity index (χ0v) is 22.5. The first-order valence-corrected chi connectivity index (χ1v) is 13.0. The van der Waals surface area contributed by atoms with Gasteiger partial charge in [0.1, 0.15) is 20.2 Å². The van der Waals surface area contributed by atoms with Gasteiger partial charge < -0.3 is 20.1 Å². The fourth-order valence-electron chi connectivity index (χ4n) is 2.73. The number of aromatic nitrogens is 2. The van der Waals surface area contributed by atoms with Crippen molar-refractivity contribution in [2.24, 2.45) is 9.98 Å². The number of hydrogen-bond donors (Lipinski definition) is 0. The van der Waals surface area contributed by atoms with Crippen molar-refractivity contribution < 1.29 is 53.7 Å². The molecule has 0 aliphatic heterocycles. The van der Waals surface area contributed by atoms with Gasteiger partial charge in [0.05, 0.1) is 45.0 Å². The molecule has 0 spiro atoms. The second-order valence-electron chi connectivity index (χ2n) is 6.87. The van der Waals surface area contributed by atoms with Crippen molar-refractivity contribution in [3.8, 4) is 0 Å². The van der Waals surface area contributed by atoms with Gasteiger partial charge in [-0.15, -0.1) is 0 Å². The molecule has 4 N–H and O–H groups in total. The monoisotopic (exact) mass is 617 g/mol. The first-order valence-electron chi connectivity index (χ1n) is 10.1. The number of rotatable bonds is 6. The molecule has 0 unspecified atom stereocenters. The molecule has 0 amide bonds. The van der Waals surface area contributed by atoms with E-state index in [0.29, 0.717) is 11.4 Å². The topological polar surface area (TPSA) is 228 Å². The van der Waals surface area contributed by atoms with Crippen molar-refractivity contribution in [2.45, 2.75) is 9.79 Å². The van der Waals surface area contributed by atoms with Gasteiger partial charge in [-0.05, 0) is 48.5 Å². The SMILES string of the molecule is O.O.O=S(=O)([O-])c1ccccc1N=Cc1ccccn1.O=S(=O)([O-])c1ccccc1N=Cc1ccccn1.[Co+2]. The van der Waals surface area contributed by atoms with E-state index in [9.17, 15) is 25.9 Å². The maximum absolute atomic E-state index is 11.0. The van der Waals surface area contributed by atoms with Crippen LogP contribution in [0.15, 0.2) is 117 Å². The molecule has 12 nitrogen and oxygen atoms in total. The molecule has 0 saturated heterocycles. The maximum Gasteiger partial charge on any atom is 2.00 e. The van der Waals surface area contributed by atoms with Gasteiger partial charge in [-0.25, -0.2) is 16.8 Å². The van der Waals surface area contributed by atoms with Gasteiger partial charge in [0.15, 0.2) is 0 Å². The van der Waals surface area contributed by atoms with Gasteiger partial charge in [0.25, 0.3) is 0 Å². The molecule has 2 aromatic heterocycles. The quantitative estimate of drug-likeness (QED) is 0.228. The van der Waals surface area contributed by atoms with Crippen LogP contribution < -0.4 is 0 Å². The molecule has 4 rings (SSSR count). The molecule has 0 atom stereocenters. The summed E-state index contributed by atoms with van der Waals surface area (Å²) < 4.78 is 66.1. The van der Waals surface area contributed by atoms with Crippen LogP contribution >= 0.6 is 0 Å². The van der Waals surface area contributed by atoms with Crippen molar-refractivity contribution in [1.82, 2.24) is 9.97 Å². The van der Waals surface area contributed by atoms with Crippen molar-refractivity contribution in [3.63, 3.8) is 0 Å². The molecule has 4 aromatic rings. The second kappa shape index (κ2) is 16.3. The average molecular weight is 618 g/mol. The zero-order chi connectivity index (χ0) is 26.0. The molecule has 207 valence electrons. The largest absolute Gasteiger partial charge is 2.00 e. The van der Waals surface area contributed by atoms with Crippen LogP contribution in [0.2, 0.25) is 0 Å². The normalized spacial score (nSPS) is 10.9. The van der Waals surface area contributed by atoms with Gasteiger partial charge in [0.2, 0.25) is 0 Å². The van der Waals surface area contributed by atoms with Crippen molar-refractivity contribution in [3.05, 3.63) is 109 Å². The summed E-state index contributed by atoms with van der Waals surface area (Å²) in [7, 11) is -9.04. The molecule has 39 heavy (non-hydrogen) atoms. The van der Waals surface area contributed by atoms with Gasteiger partial charge >= 0.3 is 16.8 Å². The average Bonchev–Trinajstić information content (AvgIpc) is 2.87. The van der Waals surface area contributed by atoms with Crippen LogP contribution in [-0.4, -0.2) is 59.3 Å². The van der Waals surface area contributed by atoms with Gasteiger partial charge in [-0.1, -0.05) is 36.4 Å². The fourth-order valence-corrected chi connectivity index (χ4v) is 3.97. The third-order valence-corrected chi connectivity index (χ3v) is 6.08. The van der Waals surface area contributed by atoms with E-state index < -0.39 is 20.2 Å². The van der Waals surface area contributed by atoms with Gasteiger partial charge in [-0.3, -0.25) is 20.0 Å². The first-order chi connectivity index (χ1) is 17.1. The number of benzene rings is 2. The van der Waals surface area contributed by atoms with E-state index in [0.717, 1.165) is 0 Å². The van der Waals surface area contributed by atoms with Gasteiger partial charge in [-0.2, -0.15) is 0 Å². The van der Waals surface area contributed by atoms with E-state index >= 15 is 0 Å². The minimum absolute atomic E-state index is 0. The standard InChI is InChI=1S/2C12H10N2O3S.Co.2H2O/c2*15-18(16,17)12-7-2-1-6-11(12)14-9-10-5-3-4-8-13-10;;;/h2*1-9H,(H,15,16,17);;2*1H2/q;;+2;;/p-2. The van der Waals surface area contributed by atoms with E-state index in [1.54, 1.807) is 60.9 Å². The van der Waals surface area contributed by atoms with Crippen LogP contribution in [0.3, 0.4) is 0 Å². The molecule has 0 bridgehead atoms. The van der Waals surface area contributed by atoms with Crippen LogP contribution in [0.25, 0.3) is 0 Å². The summed E-state index contributed by atoms with van der Waals surface area (Å²) in [5.41, 5.74) is 1.38. The predicted octanol–water partition coefficient (Wildman–Crippen LogP) is 1.82. The molecule has 2 heterocycles. The summed E-state index contributed by atoms with van der Waals surface area (Å²) in [5, 5.41) is 0. The first kappa shape index (κ1) is 35.3. The van der Waals surface area contributed by atoms with E-state index in [1.807, 2.05) is 0 Å². The molecular formula is C24H22CoN4O8S2. The van der Waals surface area contributed by atoms with Crippen molar-refractivity contribution in [2.75, 3.05) is 0 Å². The molecule has 1 radical (unpaired) electrons. The number of aliphatic imine (C=N–C) groups is 2. The predicted molar refractivity (Wildman–Crippen MR) is 139 cm³/mol. The van der Waals surface area contributed by atoms with Crippen LogP contribution in [0.5, 0.6) is 0 Å². The molecule has 15 heteroatoms. The molecule has 0 aliphatic carbocycles. The van der Waals surface area contributed by atoms with Crippen LogP contribution in [0.1, 0.15) is 11.4 Å². The maximum atomic E-state index is 11.0. The van der Waals surface area contributed by atoms with Crippen LogP contribution in [0.4, 0.5) is 11.4 Å². The summed E-state index contributed by atoms with van der Waals surface area (Å²) in [6.07, 6.45) is 6.00. The summed E-state index contributed by atoms with van der Waals surface area (Å²) in [4.78, 5) is 15.3. The number of para-hydroxylation sites is 2. The minimum Gasteiger partial charge on any atom is -0.744 e. The Hall–Kier alpha value is -3.67. The number of hydrogen-bond acceptors (Lipinski definition) is 10.